The summed E-state index contributed by atoms with van der Waals surface area (Å²) in [5, 5.41) is 4.01. The summed E-state index contributed by atoms with van der Waals surface area (Å²) in [6, 6.07) is 0. The van der Waals surface area contributed by atoms with Crippen LogP contribution in [-0.2, 0) is 16.1 Å². The Bertz CT molecular complexity index is 366. The lowest BCUT2D eigenvalue weighted by molar-refractivity contribution is -0.132. The monoisotopic (exact) mass is 252 g/mol. The Kier molecular flexibility index (Phi) is 4.69. The minimum Gasteiger partial charge on any atom is -0.377 e. The average Bonchev–Trinajstić information content (AvgIpc) is 2.77. The van der Waals surface area contributed by atoms with Crippen molar-refractivity contribution in [2.75, 3.05) is 19.7 Å². The maximum absolute atomic E-state index is 12.0. The van der Waals surface area contributed by atoms with Gasteiger partial charge in [0.2, 0.25) is 5.91 Å². The summed E-state index contributed by atoms with van der Waals surface area (Å²) in [5.74, 6) is 0.215. The second kappa shape index (κ2) is 6.49. The zero-order valence-electron chi connectivity index (χ0n) is 10.8. The predicted molar refractivity (Wildman–Crippen MR) is 65.9 cm³/mol. The number of aromatic nitrogens is 3. The van der Waals surface area contributed by atoms with Crippen LogP contribution in [0, 0.1) is 0 Å². The first-order chi connectivity index (χ1) is 8.75. The maximum Gasteiger partial charge on any atom is 0.222 e. The molecule has 1 fully saturated rings. The molecule has 0 spiro atoms. The van der Waals surface area contributed by atoms with Crippen molar-refractivity contribution >= 4 is 5.91 Å². The minimum absolute atomic E-state index is 0.145. The topological polar surface area (TPSA) is 60.2 Å². The average molecular weight is 252 g/mol. The van der Waals surface area contributed by atoms with Crippen molar-refractivity contribution in [3.8, 4) is 0 Å². The molecule has 1 amide bonds. The van der Waals surface area contributed by atoms with Crippen LogP contribution in [-0.4, -0.2) is 51.4 Å². The highest BCUT2D eigenvalue weighted by molar-refractivity contribution is 5.76. The molecule has 2 heterocycles. The fourth-order valence-corrected chi connectivity index (χ4v) is 2.12. The van der Waals surface area contributed by atoms with E-state index in [2.05, 4.69) is 10.1 Å². The van der Waals surface area contributed by atoms with E-state index in [1.807, 2.05) is 11.8 Å². The Morgan fingerprint density at radius 3 is 3.22 bits per heavy atom. The lowest BCUT2D eigenvalue weighted by Crippen LogP contribution is -2.35. The maximum atomic E-state index is 12.0. The molecule has 6 nitrogen and oxygen atoms in total. The quantitative estimate of drug-likeness (QED) is 0.791. The molecule has 0 radical (unpaired) electrons. The van der Waals surface area contributed by atoms with Gasteiger partial charge in [-0.1, -0.05) is 0 Å². The number of aryl methyl sites for hydroxylation is 1. The molecule has 0 aromatic carbocycles. The van der Waals surface area contributed by atoms with Crippen LogP contribution in [0.25, 0.3) is 0 Å². The van der Waals surface area contributed by atoms with Crippen molar-refractivity contribution < 1.29 is 9.53 Å². The number of rotatable bonds is 4. The molecule has 0 unspecified atom stereocenters. The molecule has 1 saturated heterocycles. The number of amides is 1. The van der Waals surface area contributed by atoms with E-state index >= 15 is 0 Å². The fourth-order valence-electron chi connectivity index (χ4n) is 2.12. The fraction of sp³-hybridized carbons (Fsp3) is 0.750. The van der Waals surface area contributed by atoms with Gasteiger partial charge in [-0.15, -0.1) is 0 Å². The summed E-state index contributed by atoms with van der Waals surface area (Å²) in [7, 11) is 0. The molecule has 6 heteroatoms. The number of carbonyl (C=O) groups is 1. The number of hydrogen-bond acceptors (Lipinski definition) is 4. The van der Waals surface area contributed by atoms with Gasteiger partial charge in [-0.3, -0.25) is 9.48 Å². The van der Waals surface area contributed by atoms with Crippen LogP contribution in [0.5, 0.6) is 0 Å². The Labute approximate surface area is 107 Å². The van der Waals surface area contributed by atoms with E-state index in [0.29, 0.717) is 13.0 Å². The molecule has 1 aromatic rings. The first-order valence-corrected chi connectivity index (χ1v) is 6.47. The van der Waals surface area contributed by atoms with Crippen molar-refractivity contribution in [2.24, 2.45) is 0 Å². The van der Waals surface area contributed by atoms with E-state index in [0.717, 1.165) is 32.5 Å². The van der Waals surface area contributed by atoms with E-state index < -0.39 is 0 Å². The van der Waals surface area contributed by atoms with Crippen LogP contribution in [0.3, 0.4) is 0 Å². The number of nitrogens with zero attached hydrogens (tertiary/aromatic N) is 4. The van der Waals surface area contributed by atoms with Crippen LogP contribution < -0.4 is 0 Å². The smallest absolute Gasteiger partial charge is 0.222 e. The third kappa shape index (κ3) is 3.80. The van der Waals surface area contributed by atoms with Crippen LogP contribution in [0.15, 0.2) is 12.7 Å². The van der Waals surface area contributed by atoms with Gasteiger partial charge in [-0.25, -0.2) is 4.98 Å². The van der Waals surface area contributed by atoms with Gasteiger partial charge >= 0.3 is 0 Å². The SMILES string of the molecule is C[C@@H]1CN(C(=O)CCCn2cncn2)CCCO1. The van der Waals surface area contributed by atoms with E-state index in [-0.39, 0.29) is 12.0 Å². The zero-order chi connectivity index (χ0) is 12.8. The highest BCUT2D eigenvalue weighted by Crippen LogP contribution is 2.08. The van der Waals surface area contributed by atoms with Gasteiger partial charge in [0.1, 0.15) is 12.7 Å². The van der Waals surface area contributed by atoms with Crippen LogP contribution in [0.1, 0.15) is 26.2 Å². The van der Waals surface area contributed by atoms with Gasteiger partial charge in [0.15, 0.2) is 0 Å². The predicted octanol–water partition coefficient (Wildman–Crippen LogP) is 0.696. The third-order valence-corrected chi connectivity index (χ3v) is 3.05. The molecule has 1 aliphatic heterocycles. The highest BCUT2D eigenvalue weighted by atomic mass is 16.5. The molecule has 0 N–H and O–H groups in total. The normalized spacial score (nSPS) is 20.7. The molecular weight excluding hydrogens is 232 g/mol. The number of carbonyl (C=O) groups excluding carboxylic acids is 1. The molecule has 1 atom stereocenters. The summed E-state index contributed by atoms with van der Waals surface area (Å²) in [6.07, 6.45) is 5.62. The van der Waals surface area contributed by atoms with E-state index in [4.69, 9.17) is 4.74 Å². The largest absolute Gasteiger partial charge is 0.377 e. The van der Waals surface area contributed by atoms with Crippen molar-refractivity contribution in [1.82, 2.24) is 19.7 Å². The van der Waals surface area contributed by atoms with Gasteiger partial charge in [0.25, 0.3) is 0 Å². The first-order valence-electron chi connectivity index (χ1n) is 6.47. The van der Waals surface area contributed by atoms with Gasteiger partial charge in [-0.05, 0) is 19.8 Å². The van der Waals surface area contributed by atoms with Crippen LogP contribution in [0.2, 0.25) is 0 Å². The minimum atomic E-state index is 0.145. The molecule has 1 aliphatic rings. The Hall–Kier alpha value is -1.43. The van der Waals surface area contributed by atoms with Gasteiger partial charge in [0, 0.05) is 32.7 Å². The summed E-state index contributed by atoms with van der Waals surface area (Å²) in [6.45, 7) is 5.03. The second-order valence-corrected chi connectivity index (χ2v) is 4.64. The molecule has 0 saturated carbocycles. The van der Waals surface area contributed by atoms with Crippen LogP contribution in [0.4, 0.5) is 0 Å². The van der Waals surface area contributed by atoms with Crippen molar-refractivity contribution in [3.63, 3.8) is 0 Å². The Morgan fingerprint density at radius 2 is 2.44 bits per heavy atom. The summed E-state index contributed by atoms with van der Waals surface area (Å²) < 4.78 is 7.28. The Morgan fingerprint density at radius 1 is 1.56 bits per heavy atom. The lowest BCUT2D eigenvalue weighted by atomic mass is 10.2. The molecular formula is C12H20N4O2. The molecule has 0 aliphatic carbocycles. The van der Waals surface area contributed by atoms with Gasteiger partial charge < -0.3 is 9.64 Å². The number of ether oxygens (including phenoxy) is 1. The molecule has 0 bridgehead atoms. The first kappa shape index (κ1) is 13.0. The van der Waals surface area contributed by atoms with E-state index in [1.165, 1.54) is 6.33 Å². The summed E-state index contributed by atoms with van der Waals surface area (Å²) in [5.41, 5.74) is 0. The molecule has 18 heavy (non-hydrogen) atoms. The van der Waals surface area contributed by atoms with Gasteiger partial charge in [-0.2, -0.15) is 5.10 Å². The van der Waals surface area contributed by atoms with Gasteiger partial charge in [0.05, 0.1) is 6.10 Å². The second-order valence-electron chi connectivity index (χ2n) is 4.64. The molecule has 2 rings (SSSR count). The highest BCUT2D eigenvalue weighted by Gasteiger charge is 2.19. The van der Waals surface area contributed by atoms with Crippen molar-refractivity contribution in [2.45, 2.75) is 38.8 Å². The molecule has 1 aromatic heterocycles. The van der Waals surface area contributed by atoms with E-state index in [1.54, 1.807) is 11.0 Å². The number of hydrogen-bond donors (Lipinski definition) is 0. The third-order valence-electron chi connectivity index (χ3n) is 3.05. The standard InChI is InChI=1S/C12H20N4O2/c1-11-8-15(5-3-7-18-11)12(17)4-2-6-16-10-13-9-14-16/h9-11H,2-8H2,1H3/t11-/m1/s1. The van der Waals surface area contributed by atoms with Crippen molar-refractivity contribution in [1.29, 1.82) is 0 Å². The lowest BCUT2D eigenvalue weighted by Gasteiger charge is -2.22. The Balaban J connectivity index is 1.73. The zero-order valence-corrected chi connectivity index (χ0v) is 10.8. The summed E-state index contributed by atoms with van der Waals surface area (Å²) >= 11 is 0. The van der Waals surface area contributed by atoms with Crippen LogP contribution >= 0.6 is 0 Å². The molecule has 100 valence electrons. The van der Waals surface area contributed by atoms with E-state index in [9.17, 15) is 4.79 Å². The van der Waals surface area contributed by atoms with Crippen molar-refractivity contribution in [3.05, 3.63) is 12.7 Å². The summed E-state index contributed by atoms with van der Waals surface area (Å²) in [4.78, 5) is 17.8.